The number of carbonyl (C=O) groups excluding carboxylic acids is 1. The van der Waals surface area contributed by atoms with Gasteiger partial charge in [0.15, 0.2) is 5.82 Å². The Bertz CT molecular complexity index is 451. The van der Waals surface area contributed by atoms with Gasteiger partial charge < -0.3 is 10.4 Å². The molecule has 0 saturated heterocycles. The van der Waals surface area contributed by atoms with Crippen molar-refractivity contribution in [3.63, 3.8) is 0 Å². The summed E-state index contributed by atoms with van der Waals surface area (Å²) in [5.41, 5.74) is -0.572. The van der Waals surface area contributed by atoms with E-state index in [1.54, 1.807) is 6.92 Å². The van der Waals surface area contributed by atoms with Crippen LogP contribution in [0.5, 0.6) is 0 Å². The molecule has 1 heterocycles. The Kier molecular flexibility index (Phi) is 4.08. The summed E-state index contributed by atoms with van der Waals surface area (Å²) < 4.78 is 25.9. The summed E-state index contributed by atoms with van der Waals surface area (Å²) in [6.45, 7) is 1.54. The van der Waals surface area contributed by atoms with E-state index in [9.17, 15) is 18.4 Å². The van der Waals surface area contributed by atoms with Crippen LogP contribution in [0.4, 0.5) is 8.78 Å². The number of amides is 1. The molecule has 92 valence electrons. The molecule has 0 bridgehead atoms. The van der Waals surface area contributed by atoms with Crippen molar-refractivity contribution in [3.8, 4) is 0 Å². The third-order valence-corrected chi connectivity index (χ3v) is 2.10. The molecular weight excluding hydrogens is 234 g/mol. The highest BCUT2D eigenvalue weighted by molar-refractivity contribution is 5.96. The zero-order valence-electron chi connectivity index (χ0n) is 8.91. The minimum absolute atomic E-state index is 0.135. The van der Waals surface area contributed by atoms with Gasteiger partial charge in [-0.2, -0.15) is 4.39 Å². The van der Waals surface area contributed by atoms with E-state index in [-0.39, 0.29) is 6.42 Å². The van der Waals surface area contributed by atoms with Crippen molar-refractivity contribution < 1.29 is 23.5 Å². The van der Waals surface area contributed by atoms with Crippen molar-refractivity contribution in [2.75, 3.05) is 0 Å². The van der Waals surface area contributed by atoms with E-state index in [2.05, 4.69) is 10.3 Å². The van der Waals surface area contributed by atoms with E-state index in [1.165, 1.54) is 0 Å². The first-order valence-electron chi connectivity index (χ1n) is 4.81. The largest absolute Gasteiger partial charge is 0.480 e. The highest BCUT2D eigenvalue weighted by atomic mass is 19.2. The van der Waals surface area contributed by atoms with Crippen LogP contribution in [0.25, 0.3) is 0 Å². The molecule has 0 unspecified atom stereocenters. The minimum atomic E-state index is -1.40. The van der Waals surface area contributed by atoms with Gasteiger partial charge in [-0.1, -0.05) is 6.92 Å². The Morgan fingerprint density at radius 2 is 2.18 bits per heavy atom. The third-order valence-electron chi connectivity index (χ3n) is 2.10. The van der Waals surface area contributed by atoms with Crippen molar-refractivity contribution in [2.24, 2.45) is 0 Å². The van der Waals surface area contributed by atoms with Crippen molar-refractivity contribution in [3.05, 3.63) is 29.6 Å². The molecule has 0 aromatic carbocycles. The van der Waals surface area contributed by atoms with E-state index in [0.29, 0.717) is 0 Å². The van der Waals surface area contributed by atoms with Crippen LogP contribution in [0.3, 0.4) is 0 Å². The highest BCUT2D eigenvalue weighted by Gasteiger charge is 2.22. The molecule has 2 N–H and O–H groups in total. The van der Waals surface area contributed by atoms with Crippen molar-refractivity contribution in [1.82, 2.24) is 10.3 Å². The van der Waals surface area contributed by atoms with Crippen molar-refractivity contribution >= 4 is 11.9 Å². The maximum atomic E-state index is 13.2. The van der Waals surface area contributed by atoms with Crippen LogP contribution >= 0.6 is 0 Å². The molecule has 5 nitrogen and oxygen atoms in total. The number of carboxylic acids is 1. The van der Waals surface area contributed by atoms with Crippen LogP contribution in [-0.4, -0.2) is 28.0 Å². The average Bonchev–Trinajstić information content (AvgIpc) is 2.28. The molecule has 1 aromatic rings. The van der Waals surface area contributed by atoms with Gasteiger partial charge in [0.2, 0.25) is 5.95 Å². The lowest BCUT2D eigenvalue weighted by Crippen LogP contribution is -2.40. The SMILES string of the molecule is CC[C@@H](NC(=O)c1ccnc(F)c1F)C(=O)O. The second-order valence-corrected chi connectivity index (χ2v) is 3.24. The van der Waals surface area contributed by atoms with Gasteiger partial charge in [0.25, 0.3) is 5.91 Å². The molecular formula is C10H10F2N2O3. The number of nitrogens with one attached hydrogen (secondary N) is 1. The number of nitrogens with zero attached hydrogens (tertiary/aromatic N) is 1. The third kappa shape index (κ3) is 2.96. The van der Waals surface area contributed by atoms with Gasteiger partial charge in [-0.15, -0.1) is 0 Å². The fraction of sp³-hybridized carbons (Fsp3) is 0.300. The molecule has 0 aliphatic heterocycles. The van der Waals surface area contributed by atoms with Crippen LogP contribution in [0.2, 0.25) is 0 Å². The molecule has 17 heavy (non-hydrogen) atoms. The standard InChI is InChI=1S/C10H10F2N2O3/c1-2-6(10(16)17)14-9(15)5-3-4-13-8(12)7(5)11/h3-4,6H,2H2,1H3,(H,14,15)(H,16,17)/t6-/m1/s1. The number of hydrogen-bond donors (Lipinski definition) is 2. The lowest BCUT2D eigenvalue weighted by Gasteiger charge is -2.12. The van der Waals surface area contributed by atoms with Gasteiger partial charge in [-0.05, 0) is 12.5 Å². The van der Waals surface area contributed by atoms with Gasteiger partial charge in [0.05, 0.1) is 5.56 Å². The maximum Gasteiger partial charge on any atom is 0.326 e. The summed E-state index contributed by atoms with van der Waals surface area (Å²) in [6, 6.07) is -0.166. The van der Waals surface area contributed by atoms with Crippen LogP contribution in [0.1, 0.15) is 23.7 Å². The monoisotopic (exact) mass is 244 g/mol. The Balaban J connectivity index is 2.90. The van der Waals surface area contributed by atoms with E-state index in [1.807, 2.05) is 0 Å². The van der Waals surface area contributed by atoms with Crippen molar-refractivity contribution in [1.29, 1.82) is 0 Å². The predicted molar refractivity (Wildman–Crippen MR) is 53.3 cm³/mol. The molecule has 1 rings (SSSR count). The van der Waals surface area contributed by atoms with Crippen molar-refractivity contribution in [2.45, 2.75) is 19.4 Å². The summed E-state index contributed by atoms with van der Waals surface area (Å²) >= 11 is 0. The molecule has 0 aliphatic carbocycles. The topological polar surface area (TPSA) is 79.3 Å². The quantitative estimate of drug-likeness (QED) is 0.773. The minimum Gasteiger partial charge on any atom is -0.480 e. The Morgan fingerprint density at radius 1 is 1.53 bits per heavy atom. The second-order valence-electron chi connectivity index (χ2n) is 3.24. The fourth-order valence-electron chi connectivity index (χ4n) is 1.17. The molecule has 1 atom stereocenters. The number of halogens is 2. The first-order valence-corrected chi connectivity index (χ1v) is 4.81. The summed E-state index contributed by atoms with van der Waals surface area (Å²) in [7, 11) is 0. The summed E-state index contributed by atoms with van der Waals surface area (Å²) in [5.74, 6) is -5.03. The summed E-state index contributed by atoms with van der Waals surface area (Å²) in [5, 5.41) is 10.8. The fourth-order valence-corrected chi connectivity index (χ4v) is 1.17. The Hall–Kier alpha value is -2.05. The number of carbonyl (C=O) groups is 2. The lowest BCUT2D eigenvalue weighted by atomic mass is 10.2. The van der Waals surface area contributed by atoms with Gasteiger partial charge in [0.1, 0.15) is 6.04 Å². The van der Waals surface area contributed by atoms with E-state index in [0.717, 1.165) is 12.3 Å². The molecule has 7 heteroatoms. The first-order chi connectivity index (χ1) is 7.97. The molecule has 0 aliphatic rings. The van der Waals surface area contributed by atoms with Crippen LogP contribution in [0, 0.1) is 11.8 Å². The molecule has 0 saturated carbocycles. The molecule has 0 spiro atoms. The molecule has 0 fully saturated rings. The van der Waals surface area contributed by atoms with E-state index in [4.69, 9.17) is 5.11 Å². The second kappa shape index (κ2) is 5.33. The van der Waals surface area contributed by atoms with E-state index < -0.39 is 35.2 Å². The molecule has 1 amide bonds. The number of aromatic nitrogens is 1. The smallest absolute Gasteiger partial charge is 0.326 e. The Morgan fingerprint density at radius 3 is 2.71 bits per heavy atom. The van der Waals surface area contributed by atoms with Crippen LogP contribution in [0.15, 0.2) is 12.3 Å². The average molecular weight is 244 g/mol. The molecule has 1 aromatic heterocycles. The number of pyridine rings is 1. The highest BCUT2D eigenvalue weighted by Crippen LogP contribution is 2.09. The molecule has 0 radical (unpaired) electrons. The number of aliphatic carboxylic acids is 1. The summed E-state index contributed by atoms with van der Waals surface area (Å²) in [4.78, 5) is 25.2. The predicted octanol–water partition coefficient (Wildman–Crippen LogP) is 0.953. The number of carboxylic acid groups (broad SMARTS) is 1. The first kappa shape index (κ1) is 13.0. The van der Waals surface area contributed by atoms with E-state index >= 15 is 0 Å². The zero-order chi connectivity index (χ0) is 13.0. The maximum absolute atomic E-state index is 13.2. The lowest BCUT2D eigenvalue weighted by molar-refractivity contribution is -0.139. The normalized spacial score (nSPS) is 11.9. The van der Waals surface area contributed by atoms with Gasteiger partial charge in [-0.3, -0.25) is 4.79 Å². The van der Waals surface area contributed by atoms with Gasteiger partial charge >= 0.3 is 5.97 Å². The van der Waals surface area contributed by atoms with Gasteiger partial charge in [-0.25, -0.2) is 14.2 Å². The Labute approximate surface area is 95.5 Å². The van der Waals surface area contributed by atoms with Crippen LogP contribution in [-0.2, 0) is 4.79 Å². The number of rotatable bonds is 4. The zero-order valence-corrected chi connectivity index (χ0v) is 8.91. The summed E-state index contributed by atoms with van der Waals surface area (Å²) in [6.07, 6.45) is 1.06. The van der Waals surface area contributed by atoms with Crippen LogP contribution < -0.4 is 5.32 Å². The van der Waals surface area contributed by atoms with Gasteiger partial charge in [0, 0.05) is 6.20 Å². The number of hydrogen-bond acceptors (Lipinski definition) is 3.